The first-order valence-electron chi connectivity index (χ1n) is 12.0. The highest BCUT2D eigenvalue weighted by atomic mass is 16.7. The monoisotopic (exact) mass is 471 g/mol. The number of carbonyl (C=O) groups is 2. The quantitative estimate of drug-likeness (QED) is 0.629. The molecule has 3 rings (SSSR count). The van der Waals surface area contributed by atoms with E-state index in [1.54, 1.807) is 0 Å². The summed E-state index contributed by atoms with van der Waals surface area (Å²) in [6.07, 6.45) is 0.805. The summed E-state index contributed by atoms with van der Waals surface area (Å²) in [5.74, 6) is -0.355. The van der Waals surface area contributed by atoms with E-state index < -0.39 is 17.7 Å². The maximum atomic E-state index is 13.3. The van der Waals surface area contributed by atoms with Crippen LogP contribution in [0.1, 0.15) is 45.6 Å². The van der Waals surface area contributed by atoms with E-state index in [1.165, 1.54) is 10.6 Å². The molecule has 1 atom stereocenters. The van der Waals surface area contributed by atoms with Gasteiger partial charge >= 0.3 is 6.09 Å². The standard InChI is InChI=1S/C25H37N5O4/c1-24(2,3)17-21(27-23(32)34-30-13-15-33-16-14-30)22(31)28-25(19-26)9-11-29(12-10-25)18-20-7-5-4-6-8-20/h4-8,21H,9-18H2,1-3H3,(H,27,32)(H,28,31). The van der Waals surface area contributed by atoms with Crippen LogP contribution in [0, 0.1) is 16.7 Å². The molecule has 186 valence electrons. The highest BCUT2D eigenvalue weighted by molar-refractivity contribution is 5.86. The Labute approximate surface area is 202 Å². The Balaban J connectivity index is 1.58. The molecule has 2 amide bonds. The van der Waals surface area contributed by atoms with E-state index in [9.17, 15) is 14.9 Å². The lowest BCUT2D eigenvalue weighted by molar-refractivity contribution is -0.148. The number of nitrogens with zero attached hydrogens (tertiary/aromatic N) is 3. The number of rotatable bonds is 7. The molecule has 0 radical (unpaired) electrons. The van der Waals surface area contributed by atoms with Crippen molar-refractivity contribution in [2.45, 2.75) is 58.2 Å². The summed E-state index contributed by atoms with van der Waals surface area (Å²) in [5, 5.41) is 17.2. The van der Waals surface area contributed by atoms with Crippen molar-refractivity contribution in [3.8, 4) is 6.07 Å². The van der Waals surface area contributed by atoms with Gasteiger partial charge in [0.1, 0.15) is 11.6 Å². The molecule has 0 bridgehead atoms. The molecule has 9 heteroatoms. The second-order valence-corrected chi connectivity index (χ2v) is 10.3. The zero-order chi connectivity index (χ0) is 24.6. The molecule has 1 aromatic rings. The van der Waals surface area contributed by atoms with Gasteiger partial charge in [0.25, 0.3) is 0 Å². The molecule has 0 aliphatic carbocycles. The number of hydroxylamine groups is 2. The van der Waals surface area contributed by atoms with Crippen molar-refractivity contribution < 1.29 is 19.2 Å². The largest absolute Gasteiger partial charge is 0.426 e. The number of carbonyl (C=O) groups excluding carboxylic acids is 2. The van der Waals surface area contributed by atoms with Gasteiger partial charge in [0.2, 0.25) is 5.91 Å². The molecule has 0 aromatic heterocycles. The van der Waals surface area contributed by atoms with Gasteiger partial charge in [-0.25, -0.2) is 4.79 Å². The number of nitriles is 1. The van der Waals surface area contributed by atoms with E-state index >= 15 is 0 Å². The van der Waals surface area contributed by atoms with Crippen LogP contribution in [0.4, 0.5) is 4.79 Å². The van der Waals surface area contributed by atoms with Crippen LogP contribution in [0.3, 0.4) is 0 Å². The summed E-state index contributed by atoms with van der Waals surface area (Å²) >= 11 is 0. The van der Waals surface area contributed by atoms with Crippen LogP contribution < -0.4 is 10.6 Å². The predicted molar refractivity (Wildman–Crippen MR) is 127 cm³/mol. The van der Waals surface area contributed by atoms with E-state index in [4.69, 9.17) is 9.57 Å². The van der Waals surface area contributed by atoms with Gasteiger partial charge in [0.05, 0.1) is 32.4 Å². The lowest BCUT2D eigenvalue weighted by Gasteiger charge is -2.39. The lowest BCUT2D eigenvalue weighted by Crippen LogP contribution is -2.59. The average molecular weight is 472 g/mol. The number of benzene rings is 1. The minimum absolute atomic E-state index is 0.215. The van der Waals surface area contributed by atoms with E-state index in [-0.39, 0.29) is 11.3 Å². The van der Waals surface area contributed by atoms with Gasteiger partial charge < -0.3 is 20.2 Å². The van der Waals surface area contributed by atoms with Gasteiger partial charge in [0, 0.05) is 19.6 Å². The predicted octanol–water partition coefficient (Wildman–Crippen LogP) is 2.44. The number of amides is 2. The number of ether oxygens (including phenoxy) is 1. The molecular weight excluding hydrogens is 434 g/mol. The van der Waals surface area contributed by atoms with Crippen LogP contribution in [-0.4, -0.2) is 72.9 Å². The zero-order valence-corrected chi connectivity index (χ0v) is 20.5. The maximum absolute atomic E-state index is 13.3. The minimum Gasteiger partial charge on any atom is -0.379 e. The fourth-order valence-corrected chi connectivity index (χ4v) is 4.27. The number of likely N-dealkylation sites (tertiary alicyclic amines) is 1. The number of hydrogen-bond acceptors (Lipinski definition) is 7. The van der Waals surface area contributed by atoms with Gasteiger partial charge in [0.15, 0.2) is 0 Å². The van der Waals surface area contributed by atoms with Crippen LogP contribution in [0.5, 0.6) is 0 Å². The first-order valence-corrected chi connectivity index (χ1v) is 12.0. The van der Waals surface area contributed by atoms with Crippen molar-refractivity contribution in [1.29, 1.82) is 5.26 Å². The molecule has 0 saturated carbocycles. The Morgan fingerprint density at radius 2 is 1.79 bits per heavy atom. The van der Waals surface area contributed by atoms with Crippen molar-refractivity contribution in [2.75, 3.05) is 39.4 Å². The van der Waals surface area contributed by atoms with Gasteiger partial charge in [-0.15, -0.1) is 5.06 Å². The van der Waals surface area contributed by atoms with Crippen LogP contribution in [0.25, 0.3) is 0 Å². The molecule has 34 heavy (non-hydrogen) atoms. The number of hydrogen-bond donors (Lipinski definition) is 2. The molecule has 2 saturated heterocycles. The van der Waals surface area contributed by atoms with Crippen molar-refractivity contribution in [3.63, 3.8) is 0 Å². The smallest absolute Gasteiger partial charge is 0.379 e. The minimum atomic E-state index is -0.948. The SMILES string of the molecule is CC(C)(C)CC(NC(=O)ON1CCOCC1)C(=O)NC1(C#N)CCN(Cc2ccccc2)CC1. The summed E-state index contributed by atoms with van der Waals surface area (Å²) in [5.41, 5.74) is 0.0627. The lowest BCUT2D eigenvalue weighted by atomic mass is 9.85. The Morgan fingerprint density at radius 1 is 1.15 bits per heavy atom. The average Bonchev–Trinajstić information content (AvgIpc) is 2.80. The van der Waals surface area contributed by atoms with Crippen LogP contribution in [0.15, 0.2) is 30.3 Å². The molecule has 1 unspecified atom stereocenters. The normalized spacial score (nSPS) is 20.1. The van der Waals surface area contributed by atoms with E-state index in [0.29, 0.717) is 58.7 Å². The molecule has 2 N–H and O–H groups in total. The van der Waals surface area contributed by atoms with Crippen molar-refractivity contribution >= 4 is 12.0 Å². The topological polar surface area (TPSA) is 107 Å². The molecule has 0 spiro atoms. The molecule has 9 nitrogen and oxygen atoms in total. The first-order chi connectivity index (χ1) is 16.2. The zero-order valence-electron chi connectivity index (χ0n) is 20.5. The Bertz CT molecular complexity index is 850. The van der Waals surface area contributed by atoms with Crippen LogP contribution >= 0.6 is 0 Å². The van der Waals surface area contributed by atoms with Crippen molar-refractivity contribution in [3.05, 3.63) is 35.9 Å². The van der Waals surface area contributed by atoms with Crippen LogP contribution in [-0.2, 0) is 20.9 Å². The molecule has 2 aliphatic heterocycles. The Kier molecular flexibility index (Phi) is 8.89. The summed E-state index contributed by atoms with van der Waals surface area (Å²) in [6.45, 7) is 10.2. The highest BCUT2D eigenvalue weighted by Crippen LogP contribution is 2.25. The van der Waals surface area contributed by atoms with Gasteiger partial charge in [-0.2, -0.15) is 5.26 Å². The maximum Gasteiger partial charge on any atom is 0.426 e. The summed E-state index contributed by atoms with van der Waals surface area (Å²) in [7, 11) is 0. The van der Waals surface area contributed by atoms with Gasteiger partial charge in [-0.05, 0) is 30.2 Å². The summed E-state index contributed by atoms with van der Waals surface area (Å²) in [6, 6.07) is 11.8. The number of nitrogens with one attached hydrogen (secondary N) is 2. The van der Waals surface area contributed by atoms with E-state index in [0.717, 1.165) is 6.54 Å². The van der Waals surface area contributed by atoms with Gasteiger partial charge in [-0.1, -0.05) is 51.1 Å². The van der Waals surface area contributed by atoms with E-state index in [2.05, 4.69) is 33.7 Å². The molecular formula is C25H37N5O4. The van der Waals surface area contributed by atoms with Crippen molar-refractivity contribution in [1.82, 2.24) is 20.6 Å². The number of morpholine rings is 1. The van der Waals surface area contributed by atoms with Crippen LogP contribution in [0.2, 0.25) is 0 Å². The fraction of sp³-hybridized carbons (Fsp3) is 0.640. The molecule has 2 fully saturated rings. The summed E-state index contributed by atoms with van der Waals surface area (Å²) < 4.78 is 5.26. The molecule has 2 heterocycles. The number of piperidine rings is 1. The Morgan fingerprint density at radius 3 is 2.38 bits per heavy atom. The van der Waals surface area contributed by atoms with Gasteiger partial charge in [-0.3, -0.25) is 9.69 Å². The van der Waals surface area contributed by atoms with Crippen molar-refractivity contribution in [2.24, 2.45) is 5.41 Å². The second-order valence-electron chi connectivity index (χ2n) is 10.3. The summed E-state index contributed by atoms with van der Waals surface area (Å²) in [4.78, 5) is 33.4. The molecule has 1 aromatic carbocycles. The first kappa shape index (κ1) is 25.9. The third-order valence-corrected chi connectivity index (χ3v) is 6.14. The fourth-order valence-electron chi connectivity index (χ4n) is 4.27. The van der Waals surface area contributed by atoms with E-state index in [1.807, 2.05) is 39.0 Å². The third kappa shape index (κ3) is 7.97. The Hall–Kier alpha value is -2.67. The third-order valence-electron chi connectivity index (χ3n) is 6.14. The highest BCUT2D eigenvalue weighted by Gasteiger charge is 2.39. The molecule has 2 aliphatic rings. The second kappa shape index (κ2) is 11.6.